The minimum Gasteiger partial charge on any atom is -0.497 e. The number of likely N-dealkylation sites (N-methyl/N-ethyl adjacent to an activating group) is 1. The lowest BCUT2D eigenvalue weighted by Gasteiger charge is -2.18. The van der Waals surface area contributed by atoms with E-state index in [1.165, 1.54) is 0 Å². The number of ether oxygens (including phenoxy) is 1. The van der Waals surface area contributed by atoms with Crippen molar-refractivity contribution in [2.45, 2.75) is 12.5 Å². The second-order valence-corrected chi connectivity index (χ2v) is 5.32. The summed E-state index contributed by atoms with van der Waals surface area (Å²) in [5.41, 5.74) is 2.18. The SMILES string of the molecule is CNC(Cc1cccc(Cl)c1Cl)c1cccc(OC)c1. The molecule has 4 heteroatoms. The number of benzene rings is 2. The normalized spacial score (nSPS) is 12.2. The molecule has 0 spiro atoms. The molecule has 0 amide bonds. The van der Waals surface area contributed by atoms with Gasteiger partial charge in [-0.1, -0.05) is 47.5 Å². The fourth-order valence-corrected chi connectivity index (χ4v) is 2.57. The van der Waals surface area contributed by atoms with Crippen LogP contribution in [0, 0.1) is 0 Å². The Balaban J connectivity index is 2.26. The molecule has 1 unspecified atom stereocenters. The molecule has 0 fully saturated rings. The van der Waals surface area contributed by atoms with Crippen molar-refractivity contribution < 1.29 is 4.74 Å². The third-order valence-corrected chi connectivity index (χ3v) is 4.16. The molecule has 2 aromatic rings. The second kappa shape index (κ2) is 6.98. The van der Waals surface area contributed by atoms with E-state index in [4.69, 9.17) is 27.9 Å². The van der Waals surface area contributed by atoms with E-state index >= 15 is 0 Å². The van der Waals surface area contributed by atoms with Gasteiger partial charge in [0.25, 0.3) is 0 Å². The Morgan fingerprint density at radius 1 is 1.15 bits per heavy atom. The number of halogens is 2. The van der Waals surface area contributed by atoms with Gasteiger partial charge in [-0.15, -0.1) is 0 Å². The number of rotatable bonds is 5. The van der Waals surface area contributed by atoms with Crippen molar-refractivity contribution >= 4 is 23.2 Å². The Bertz CT molecular complexity index is 586. The van der Waals surface area contributed by atoms with E-state index in [1.54, 1.807) is 13.2 Å². The van der Waals surface area contributed by atoms with Gasteiger partial charge in [0.2, 0.25) is 0 Å². The maximum absolute atomic E-state index is 6.26. The van der Waals surface area contributed by atoms with Gasteiger partial charge in [-0.2, -0.15) is 0 Å². The monoisotopic (exact) mass is 309 g/mol. The fraction of sp³-hybridized carbons (Fsp3) is 0.250. The molecule has 0 radical (unpaired) electrons. The molecule has 0 heterocycles. The summed E-state index contributed by atoms with van der Waals surface area (Å²) in [6, 6.07) is 13.9. The van der Waals surface area contributed by atoms with Gasteiger partial charge in [0.1, 0.15) is 5.75 Å². The molecule has 0 bridgehead atoms. The first-order chi connectivity index (χ1) is 9.65. The number of methoxy groups -OCH3 is 1. The molecular formula is C16H17Cl2NO. The van der Waals surface area contributed by atoms with Crippen LogP contribution in [0.25, 0.3) is 0 Å². The number of hydrogen-bond acceptors (Lipinski definition) is 2. The predicted molar refractivity (Wildman–Crippen MR) is 85.0 cm³/mol. The first-order valence-corrected chi connectivity index (χ1v) is 7.15. The van der Waals surface area contributed by atoms with Crippen molar-refractivity contribution in [3.63, 3.8) is 0 Å². The lowest BCUT2D eigenvalue weighted by atomic mass is 9.99. The molecule has 1 N–H and O–H groups in total. The van der Waals surface area contributed by atoms with Crippen LogP contribution in [0.3, 0.4) is 0 Å². The average Bonchev–Trinajstić information content (AvgIpc) is 2.49. The van der Waals surface area contributed by atoms with E-state index in [-0.39, 0.29) is 6.04 Å². The molecule has 0 aliphatic heterocycles. The quantitative estimate of drug-likeness (QED) is 0.877. The smallest absolute Gasteiger partial charge is 0.119 e. The van der Waals surface area contributed by atoms with Gasteiger partial charge < -0.3 is 10.1 Å². The minimum absolute atomic E-state index is 0.154. The number of hydrogen-bond donors (Lipinski definition) is 1. The summed E-state index contributed by atoms with van der Waals surface area (Å²) in [6.45, 7) is 0. The maximum Gasteiger partial charge on any atom is 0.119 e. The van der Waals surface area contributed by atoms with E-state index in [1.807, 2.05) is 37.4 Å². The van der Waals surface area contributed by atoms with Crippen LogP contribution in [0.5, 0.6) is 5.75 Å². The topological polar surface area (TPSA) is 21.3 Å². The Morgan fingerprint density at radius 3 is 2.60 bits per heavy atom. The standard InChI is InChI=1S/C16H17Cl2NO/c1-19-15(11-5-3-7-13(9-11)20-2)10-12-6-4-8-14(17)16(12)18/h3-9,15,19H,10H2,1-2H3. The lowest BCUT2D eigenvalue weighted by molar-refractivity contribution is 0.413. The minimum atomic E-state index is 0.154. The summed E-state index contributed by atoms with van der Waals surface area (Å²) >= 11 is 12.3. The lowest BCUT2D eigenvalue weighted by Crippen LogP contribution is -2.19. The van der Waals surface area contributed by atoms with Crippen LogP contribution in [0.1, 0.15) is 17.2 Å². The molecule has 2 nitrogen and oxygen atoms in total. The zero-order valence-electron chi connectivity index (χ0n) is 11.5. The Kier molecular flexibility index (Phi) is 5.30. The molecule has 20 heavy (non-hydrogen) atoms. The van der Waals surface area contributed by atoms with Crippen LogP contribution < -0.4 is 10.1 Å². The van der Waals surface area contributed by atoms with Crippen LogP contribution >= 0.6 is 23.2 Å². The van der Waals surface area contributed by atoms with Gasteiger partial charge in [0.15, 0.2) is 0 Å². The van der Waals surface area contributed by atoms with Crippen LogP contribution in [0.15, 0.2) is 42.5 Å². The van der Waals surface area contributed by atoms with Gasteiger partial charge in [0, 0.05) is 6.04 Å². The average molecular weight is 310 g/mol. The second-order valence-electron chi connectivity index (χ2n) is 4.53. The Labute approximate surface area is 129 Å². The van der Waals surface area contributed by atoms with E-state index in [9.17, 15) is 0 Å². The molecule has 0 aliphatic carbocycles. The zero-order valence-corrected chi connectivity index (χ0v) is 13.0. The van der Waals surface area contributed by atoms with Crippen LogP contribution in [-0.2, 0) is 6.42 Å². The van der Waals surface area contributed by atoms with E-state index in [0.29, 0.717) is 10.0 Å². The van der Waals surface area contributed by atoms with Gasteiger partial charge in [-0.05, 0) is 42.8 Å². The van der Waals surface area contributed by atoms with Crippen molar-refractivity contribution in [2.24, 2.45) is 0 Å². The van der Waals surface area contributed by atoms with Crippen molar-refractivity contribution in [1.82, 2.24) is 5.32 Å². The van der Waals surface area contributed by atoms with Crippen molar-refractivity contribution in [3.05, 3.63) is 63.6 Å². The highest BCUT2D eigenvalue weighted by Gasteiger charge is 2.14. The first kappa shape index (κ1) is 15.2. The van der Waals surface area contributed by atoms with Gasteiger partial charge in [-0.25, -0.2) is 0 Å². The highest BCUT2D eigenvalue weighted by Crippen LogP contribution is 2.29. The predicted octanol–water partition coefficient (Wildman–Crippen LogP) is 4.51. The number of nitrogens with one attached hydrogen (secondary N) is 1. The molecular weight excluding hydrogens is 293 g/mol. The van der Waals surface area contributed by atoms with Crippen molar-refractivity contribution in [3.8, 4) is 5.75 Å². The van der Waals surface area contributed by atoms with Crippen LogP contribution in [-0.4, -0.2) is 14.2 Å². The highest BCUT2D eigenvalue weighted by molar-refractivity contribution is 6.42. The van der Waals surface area contributed by atoms with Gasteiger partial charge >= 0.3 is 0 Å². The molecule has 2 rings (SSSR count). The van der Waals surface area contributed by atoms with Crippen molar-refractivity contribution in [1.29, 1.82) is 0 Å². The van der Waals surface area contributed by atoms with Crippen LogP contribution in [0.4, 0.5) is 0 Å². The summed E-state index contributed by atoms with van der Waals surface area (Å²) < 4.78 is 5.27. The molecule has 0 aromatic heterocycles. The fourth-order valence-electron chi connectivity index (χ4n) is 2.17. The summed E-state index contributed by atoms with van der Waals surface area (Å²) in [5.74, 6) is 0.847. The molecule has 106 valence electrons. The van der Waals surface area contributed by atoms with Crippen LogP contribution in [0.2, 0.25) is 10.0 Å². The van der Waals surface area contributed by atoms with E-state index in [0.717, 1.165) is 23.3 Å². The molecule has 2 aromatic carbocycles. The Hall–Kier alpha value is -1.22. The van der Waals surface area contributed by atoms with Gasteiger partial charge in [0.05, 0.1) is 17.2 Å². The first-order valence-electron chi connectivity index (χ1n) is 6.39. The van der Waals surface area contributed by atoms with E-state index < -0.39 is 0 Å². The molecule has 1 atom stereocenters. The molecule has 0 saturated carbocycles. The van der Waals surface area contributed by atoms with Crippen molar-refractivity contribution in [2.75, 3.05) is 14.2 Å². The summed E-state index contributed by atoms with van der Waals surface area (Å²) in [5, 5.41) is 4.52. The summed E-state index contributed by atoms with van der Waals surface area (Å²) in [7, 11) is 3.60. The molecule has 0 saturated heterocycles. The van der Waals surface area contributed by atoms with E-state index in [2.05, 4.69) is 11.4 Å². The largest absolute Gasteiger partial charge is 0.497 e. The summed E-state index contributed by atoms with van der Waals surface area (Å²) in [4.78, 5) is 0. The Morgan fingerprint density at radius 2 is 1.90 bits per heavy atom. The maximum atomic E-state index is 6.26. The third-order valence-electron chi connectivity index (χ3n) is 3.30. The third kappa shape index (κ3) is 3.45. The molecule has 0 aliphatic rings. The summed E-state index contributed by atoms with van der Waals surface area (Å²) in [6.07, 6.45) is 0.767. The van der Waals surface area contributed by atoms with Gasteiger partial charge in [-0.3, -0.25) is 0 Å². The highest BCUT2D eigenvalue weighted by atomic mass is 35.5. The zero-order chi connectivity index (χ0) is 14.5.